The first-order valence-corrected chi connectivity index (χ1v) is 6.83. The Morgan fingerprint density at radius 3 is 1.52 bits per heavy atom. The van der Waals surface area contributed by atoms with Crippen LogP contribution in [0.3, 0.4) is 0 Å². The Bertz CT molecular complexity index is 287. The van der Waals surface area contributed by atoms with Crippen molar-refractivity contribution in [2.24, 2.45) is 0 Å². The summed E-state index contributed by atoms with van der Waals surface area (Å²) in [6.07, 6.45) is 0. The van der Waals surface area contributed by atoms with Crippen molar-refractivity contribution in [2.45, 2.75) is 42.0 Å². The number of hydrogen-bond acceptors (Lipinski definition) is 3. The van der Waals surface area contributed by atoms with E-state index in [1.165, 1.54) is 5.56 Å². The van der Waals surface area contributed by atoms with Crippen molar-refractivity contribution in [2.75, 3.05) is 47.6 Å². The van der Waals surface area contributed by atoms with Crippen LogP contribution in [0.15, 0.2) is 30.3 Å². The zero-order chi connectivity index (χ0) is 14.5. The van der Waals surface area contributed by atoms with Crippen LogP contribution in [0, 0.1) is 0 Å². The standard InChI is InChI=1S/C9H12.C7H17NO2.3CH4.Y/c1-8(2)9-6-4-3-5-7-9;1-8(4-6-9-2)5-7-10-3;;;;/h3-8H,1-2H3;4-7H2,1-3H3;3*1H4;. The van der Waals surface area contributed by atoms with Crippen LogP contribution >= 0.6 is 0 Å². The average molecular weight is 404 g/mol. The van der Waals surface area contributed by atoms with E-state index in [-0.39, 0.29) is 55.0 Å². The quantitative estimate of drug-likeness (QED) is 0.644. The zero-order valence-corrected chi connectivity index (χ0v) is 16.5. The smallest absolute Gasteiger partial charge is 0.0589 e. The van der Waals surface area contributed by atoms with E-state index in [1.807, 2.05) is 6.07 Å². The van der Waals surface area contributed by atoms with Crippen LogP contribution in [0.1, 0.15) is 47.6 Å². The van der Waals surface area contributed by atoms with Gasteiger partial charge >= 0.3 is 0 Å². The van der Waals surface area contributed by atoms with Crippen molar-refractivity contribution in [3.63, 3.8) is 0 Å². The summed E-state index contributed by atoms with van der Waals surface area (Å²) in [6, 6.07) is 10.5. The maximum absolute atomic E-state index is 4.91. The molecule has 0 aliphatic carbocycles. The van der Waals surface area contributed by atoms with Gasteiger partial charge in [0.2, 0.25) is 0 Å². The summed E-state index contributed by atoms with van der Waals surface area (Å²) in [5.41, 5.74) is 1.41. The largest absolute Gasteiger partial charge is 0.383 e. The number of methoxy groups -OCH3 is 2. The summed E-state index contributed by atoms with van der Waals surface area (Å²) < 4.78 is 9.82. The van der Waals surface area contributed by atoms with Gasteiger partial charge in [0.15, 0.2) is 0 Å². The van der Waals surface area contributed by atoms with E-state index in [0.717, 1.165) is 26.3 Å². The van der Waals surface area contributed by atoms with Crippen LogP contribution in [-0.4, -0.2) is 52.5 Å². The summed E-state index contributed by atoms with van der Waals surface area (Å²) in [4.78, 5) is 2.17. The van der Waals surface area contributed by atoms with Crippen molar-refractivity contribution >= 4 is 0 Å². The minimum atomic E-state index is 0. The first kappa shape index (κ1) is 34.5. The maximum atomic E-state index is 4.91. The Morgan fingerprint density at radius 2 is 1.26 bits per heavy atom. The molecule has 0 heterocycles. The molecule has 0 saturated carbocycles. The van der Waals surface area contributed by atoms with Crippen LogP contribution in [-0.2, 0) is 42.2 Å². The van der Waals surface area contributed by atoms with Gasteiger partial charge in [-0.15, -0.1) is 0 Å². The predicted molar refractivity (Wildman–Crippen MR) is 102 cm³/mol. The van der Waals surface area contributed by atoms with E-state index in [1.54, 1.807) is 14.2 Å². The molecule has 0 amide bonds. The molecule has 137 valence electrons. The number of hydrogen-bond donors (Lipinski definition) is 0. The average Bonchev–Trinajstić information content (AvgIpc) is 2.44. The molecule has 0 unspecified atom stereocenters. The number of benzene rings is 1. The number of rotatable bonds is 7. The van der Waals surface area contributed by atoms with Crippen molar-refractivity contribution in [1.82, 2.24) is 4.90 Å². The van der Waals surface area contributed by atoms with Gasteiger partial charge in [-0.05, 0) is 18.5 Å². The molecule has 4 heteroatoms. The van der Waals surface area contributed by atoms with E-state index >= 15 is 0 Å². The minimum absolute atomic E-state index is 0. The Morgan fingerprint density at radius 1 is 0.870 bits per heavy atom. The minimum Gasteiger partial charge on any atom is -0.383 e. The molecule has 1 aromatic carbocycles. The fraction of sp³-hybridized carbons (Fsp3) is 0.684. The zero-order valence-electron chi connectivity index (χ0n) is 13.6. The molecule has 0 aromatic heterocycles. The van der Waals surface area contributed by atoms with Gasteiger partial charge in [-0.3, -0.25) is 0 Å². The molecule has 0 bridgehead atoms. The molecule has 0 atom stereocenters. The topological polar surface area (TPSA) is 21.7 Å². The second-order valence-electron chi connectivity index (χ2n) is 4.85. The van der Waals surface area contributed by atoms with E-state index < -0.39 is 0 Å². The molecule has 1 aromatic rings. The predicted octanol–water partition coefficient (Wildman–Crippen LogP) is 4.93. The van der Waals surface area contributed by atoms with Gasteiger partial charge in [0.1, 0.15) is 0 Å². The molecule has 0 aliphatic rings. The number of ether oxygens (including phenoxy) is 2. The van der Waals surface area contributed by atoms with Crippen molar-refractivity contribution < 1.29 is 42.2 Å². The van der Waals surface area contributed by atoms with Crippen LogP contribution < -0.4 is 0 Å². The monoisotopic (exact) mass is 404 g/mol. The molecule has 3 nitrogen and oxygen atoms in total. The second kappa shape index (κ2) is 24.5. The first-order valence-electron chi connectivity index (χ1n) is 6.83. The van der Waals surface area contributed by atoms with Crippen LogP contribution in [0.2, 0.25) is 0 Å². The fourth-order valence-corrected chi connectivity index (χ4v) is 1.44. The van der Waals surface area contributed by atoms with Crippen molar-refractivity contribution in [1.29, 1.82) is 0 Å². The summed E-state index contributed by atoms with van der Waals surface area (Å²) in [5.74, 6) is 0.659. The molecular formula is C19H41NO2Y. The van der Waals surface area contributed by atoms with Gasteiger partial charge < -0.3 is 14.4 Å². The van der Waals surface area contributed by atoms with Crippen LogP contribution in [0.5, 0.6) is 0 Å². The third-order valence-electron chi connectivity index (χ3n) is 2.82. The molecule has 0 saturated heterocycles. The first-order chi connectivity index (χ1) is 9.11. The van der Waals surface area contributed by atoms with Crippen LogP contribution in [0.4, 0.5) is 0 Å². The normalized spacial score (nSPS) is 8.65. The maximum Gasteiger partial charge on any atom is 0.0589 e. The van der Waals surface area contributed by atoms with Gasteiger partial charge in [-0.25, -0.2) is 0 Å². The SMILES string of the molecule is C.C.C.CC(C)c1ccccc1.COCCN(C)CCOC.[Y]. The second-order valence-corrected chi connectivity index (χ2v) is 4.85. The molecule has 0 spiro atoms. The van der Waals surface area contributed by atoms with E-state index in [9.17, 15) is 0 Å². The summed E-state index contributed by atoms with van der Waals surface area (Å²) in [5, 5.41) is 0. The van der Waals surface area contributed by atoms with Gasteiger partial charge in [-0.1, -0.05) is 66.5 Å². The Balaban J connectivity index is -0.0000000801. The third-order valence-corrected chi connectivity index (χ3v) is 2.82. The molecule has 0 fully saturated rings. The van der Waals surface area contributed by atoms with Gasteiger partial charge in [0.05, 0.1) is 13.2 Å². The molecule has 1 rings (SSSR count). The van der Waals surface area contributed by atoms with E-state index in [0.29, 0.717) is 5.92 Å². The third kappa shape index (κ3) is 22.2. The molecule has 1 radical (unpaired) electrons. The van der Waals surface area contributed by atoms with Gasteiger partial charge in [0.25, 0.3) is 0 Å². The Hall–Kier alpha value is 0.204. The summed E-state index contributed by atoms with van der Waals surface area (Å²) >= 11 is 0. The fourth-order valence-electron chi connectivity index (χ4n) is 1.44. The summed E-state index contributed by atoms with van der Waals surface area (Å²) in [6.45, 7) is 7.94. The van der Waals surface area contributed by atoms with Crippen molar-refractivity contribution in [3.05, 3.63) is 35.9 Å². The molecule has 23 heavy (non-hydrogen) atoms. The number of likely N-dealkylation sites (N-methyl/N-ethyl adjacent to an activating group) is 1. The van der Waals surface area contributed by atoms with E-state index in [4.69, 9.17) is 9.47 Å². The van der Waals surface area contributed by atoms with E-state index in [2.05, 4.69) is 50.1 Å². The molecular weight excluding hydrogens is 363 g/mol. The molecule has 0 aliphatic heterocycles. The Kier molecular flexibility index (Phi) is 36.7. The molecule has 0 N–H and O–H groups in total. The van der Waals surface area contributed by atoms with Gasteiger partial charge in [0, 0.05) is 60.0 Å². The van der Waals surface area contributed by atoms with Crippen molar-refractivity contribution in [3.8, 4) is 0 Å². The summed E-state index contributed by atoms with van der Waals surface area (Å²) in [7, 11) is 5.48. The van der Waals surface area contributed by atoms with Gasteiger partial charge in [-0.2, -0.15) is 0 Å². The van der Waals surface area contributed by atoms with Crippen LogP contribution in [0.25, 0.3) is 0 Å². The number of nitrogens with zero attached hydrogens (tertiary/aromatic N) is 1. The Labute approximate surface area is 172 Å².